The van der Waals surface area contributed by atoms with Crippen LogP contribution in [0.25, 0.3) is 0 Å². The molecule has 0 radical (unpaired) electrons. The van der Waals surface area contributed by atoms with Gasteiger partial charge in [0.15, 0.2) is 6.29 Å². The molecule has 0 saturated carbocycles. The molecule has 0 aliphatic carbocycles. The lowest BCUT2D eigenvalue weighted by Gasteiger charge is -2.24. The van der Waals surface area contributed by atoms with E-state index in [1.165, 1.54) is 0 Å². The van der Waals surface area contributed by atoms with Crippen molar-refractivity contribution in [2.24, 2.45) is 0 Å². The number of nitrogens with one attached hydrogen (secondary N) is 1. The summed E-state index contributed by atoms with van der Waals surface area (Å²) >= 11 is 0. The van der Waals surface area contributed by atoms with Gasteiger partial charge in [-0.15, -0.1) is 0 Å². The first kappa shape index (κ1) is 6.99. The van der Waals surface area contributed by atoms with Crippen LogP contribution < -0.4 is 5.32 Å². The van der Waals surface area contributed by atoms with E-state index in [-0.39, 0.29) is 6.04 Å². The Kier molecular flexibility index (Phi) is 2.45. The van der Waals surface area contributed by atoms with Crippen molar-refractivity contribution in [3.63, 3.8) is 0 Å². The van der Waals surface area contributed by atoms with Gasteiger partial charge in [-0.1, -0.05) is 6.42 Å². The summed E-state index contributed by atoms with van der Waals surface area (Å²) in [6, 6.07) is -0.0845. The van der Waals surface area contributed by atoms with E-state index >= 15 is 0 Å². The van der Waals surface area contributed by atoms with Gasteiger partial charge in [0.05, 0.1) is 6.04 Å². The van der Waals surface area contributed by atoms with Gasteiger partial charge in [-0.25, -0.2) is 0 Å². The SMILES string of the molecule is OC(O)[C@@H]1CCCCN1. The molecule has 1 atom stereocenters. The van der Waals surface area contributed by atoms with Crippen LogP contribution in [0.2, 0.25) is 0 Å². The van der Waals surface area contributed by atoms with Crippen molar-refractivity contribution >= 4 is 0 Å². The number of piperidine rings is 1. The largest absolute Gasteiger partial charge is 0.367 e. The molecule has 1 aliphatic rings. The minimum Gasteiger partial charge on any atom is -0.367 e. The fraction of sp³-hybridized carbons (Fsp3) is 1.00. The van der Waals surface area contributed by atoms with Crippen molar-refractivity contribution in [1.29, 1.82) is 0 Å². The van der Waals surface area contributed by atoms with E-state index in [0.29, 0.717) is 0 Å². The number of aliphatic hydroxyl groups is 2. The van der Waals surface area contributed by atoms with Crippen LogP contribution >= 0.6 is 0 Å². The van der Waals surface area contributed by atoms with Crippen LogP contribution in [0.5, 0.6) is 0 Å². The van der Waals surface area contributed by atoms with Gasteiger partial charge in [-0.3, -0.25) is 0 Å². The Morgan fingerprint density at radius 2 is 2.11 bits per heavy atom. The highest BCUT2D eigenvalue weighted by Crippen LogP contribution is 2.08. The topological polar surface area (TPSA) is 52.5 Å². The minimum absolute atomic E-state index is 0.0845. The predicted octanol–water partition coefficient (Wildman–Crippen LogP) is -0.561. The molecular formula is C6H13NO2. The number of hydrogen-bond acceptors (Lipinski definition) is 3. The van der Waals surface area contributed by atoms with Crippen LogP contribution in [-0.4, -0.2) is 29.1 Å². The fourth-order valence-electron chi connectivity index (χ4n) is 1.13. The standard InChI is InChI=1S/C6H13NO2/c8-6(9)5-3-1-2-4-7-5/h5-9H,1-4H2/t5-/m0/s1. The third-order valence-electron chi connectivity index (χ3n) is 1.71. The maximum Gasteiger partial charge on any atom is 0.167 e. The van der Waals surface area contributed by atoms with Crippen LogP contribution in [0.15, 0.2) is 0 Å². The number of aliphatic hydroxyl groups excluding tert-OH is 1. The molecule has 9 heavy (non-hydrogen) atoms. The highest BCUT2D eigenvalue weighted by atomic mass is 16.5. The summed E-state index contributed by atoms with van der Waals surface area (Å²) in [6.45, 7) is 0.919. The van der Waals surface area contributed by atoms with Crippen LogP contribution in [0.4, 0.5) is 0 Å². The molecule has 1 fully saturated rings. The Morgan fingerprint density at radius 1 is 1.33 bits per heavy atom. The second kappa shape index (κ2) is 3.15. The Bertz CT molecular complexity index is 79.1. The Balaban J connectivity index is 2.23. The van der Waals surface area contributed by atoms with E-state index in [0.717, 1.165) is 25.8 Å². The Morgan fingerprint density at radius 3 is 2.44 bits per heavy atom. The molecule has 0 unspecified atom stereocenters. The van der Waals surface area contributed by atoms with Crippen LogP contribution in [0.3, 0.4) is 0 Å². The van der Waals surface area contributed by atoms with E-state index in [9.17, 15) is 0 Å². The first-order chi connectivity index (χ1) is 4.30. The summed E-state index contributed by atoms with van der Waals surface area (Å²) in [6.07, 6.45) is 1.97. The molecule has 3 nitrogen and oxygen atoms in total. The summed E-state index contributed by atoms with van der Waals surface area (Å²) in [5.41, 5.74) is 0. The molecule has 54 valence electrons. The molecule has 0 aromatic rings. The van der Waals surface area contributed by atoms with Gasteiger partial charge in [0.25, 0.3) is 0 Å². The molecular weight excluding hydrogens is 118 g/mol. The lowest BCUT2D eigenvalue weighted by atomic mass is 10.1. The van der Waals surface area contributed by atoms with Gasteiger partial charge >= 0.3 is 0 Å². The first-order valence-electron chi connectivity index (χ1n) is 3.40. The molecule has 3 N–H and O–H groups in total. The zero-order valence-electron chi connectivity index (χ0n) is 5.38. The highest BCUT2D eigenvalue weighted by Gasteiger charge is 2.17. The van der Waals surface area contributed by atoms with E-state index in [2.05, 4.69) is 5.32 Å². The molecule has 0 spiro atoms. The molecule has 0 aromatic carbocycles. The zero-order valence-corrected chi connectivity index (χ0v) is 5.38. The van der Waals surface area contributed by atoms with Crippen molar-refractivity contribution in [3.8, 4) is 0 Å². The first-order valence-corrected chi connectivity index (χ1v) is 3.40. The molecule has 0 bridgehead atoms. The van der Waals surface area contributed by atoms with E-state index in [4.69, 9.17) is 10.2 Å². The van der Waals surface area contributed by atoms with Gasteiger partial charge in [0.2, 0.25) is 0 Å². The van der Waals surface area contributed by atoms with Crippen molar-refractivity contribution in [3.05, 3.63) is 0 Å². The van der Waals surface area contributed by atoms with Crippen molar-refractivity contribution in [1.82, 2.24) is 5.32 Å². The van der Waals surface area contributed by atoms with E-state index < -0.39 is 6.29 Å². The third-order valence-corrected chi connectivity index (χ3v) is 1.71. The average Bonchev–Trinajstić information content (AvgIpc) is 1.90. The van der Waals surface area contributed by atoms with Gasteiger partial charge in [-0.2, -0.15) is 0 Å². The van der Waals surface area contributed by atoms with Crippen molar-refractivity contribution in [2.45, 2.75) is 31.6 Å². The third kappa shape index (κ3) is 1.93. The quantitative estimate of drug-likeness (QED) is 0.418. The molecule has 3 heteroatoms. The average molecular weight is 131 g/mol. The second-order valence-corrected chi connectivity index (χ2v) is 2.47. The van der Waals surface area contributed by atoms with Gasteiger partial charge in [0.1, 0.15) is 0 Å². The van der Waals surface area contributed by atoms with E-state index in [1.807, 2.05) is 0 Å². The summed E-state index contributed by atoms with van der Waals surface area (Å²) in [5.74, 6) is 0. The normalized spacial score (nSPS) is 29.0. The van der Waals surface area contributed by atoms with Crippen LogP contribution in [0, 0.1) is 0 Å². The Labute approximate surface area is 54.7 Å². The lowest BCUT2D eigenvalue weighted by Crippen LogP contribution is -2.42. The Hall–Kier alpha value is -0.120. The maximum absolute atomic E-state index is 8.67. The predicted molar refractivity (Wildman–Crippen MR) is 33.9 cm³/mol. The molecule has 1 saturated heterocycles. The van der Waals surface area contributed by atoms with Gasteiger partial charge < -0.3 is 15.5 Å². The molecule has 1 rings (SSSR count). The van der Waals surface area contributed by atoms with Crippen LogP contribution in [-0.2, 0) is 0 Å². The maximum atomic E-state index is 8.67. The second-order valence-electron chi connectivity index (χ2n) is 2.47. The molecule has 1 heterocycles. The summed E-state index contributed by atoms with van der Waals surface area (Å²) < 4.78 is 0. The number of hydrogen-bond donors (Lipinski definition) is 3. The van der Waals surface area contributed by atoms with Crippen molar-refractivity contribution in [2.75, 3.05) is 6.54 Å². The molecule has 0 aromatic heterocycles. The summed E-state index contributed by atoms with van der Waals surface area (Å²) in [4.78, 5) is 0. The van der Waals surface area contributed by atoms with Crippen LogP contribution in [0.1, 0.15) is 19.3 Å². The summed E-state index contributed by atoms with van der Waals surface area (Å²) in [5, 5.41) is 20.4. The fourth-order valence-corrected chi connectivity index (χ4v) is 1.13. The highest BCUT2D eigenvalue weighted by molar-refractivity contribution is 4.72. The van der Waals surface area contributed by atoms with Gasteiger partial charge in [-0.05, 0) is 19.4 Å². The smallest absolute Gasteiger partial charge is 0.167 e. The molecule has 1 aliphatic heterocycles. The monoisotopic (exact) mass is 131 g/mol. The minimum atomic E-state index is -1.18. The zero-order chi connectivity index (χ0) is 6.69. The van der Waals surface area contributed by atoms with E-state index in [1.54, 1.807) is 0 Å². The summed E-state index contributed by atoms with van der Waals surface area (Å²) in [7, 11) is 0. The van der Waals surface area contributed by atoms with Crippen molar-refractivity contribution < 1.29 is 10.2 Å². The number of rotatable bonds is 1. The van der Waals surface area contributed by atoms with Gasteiger partial charge in [0, 0.05) is 0 Å². The molecule has 0 amide bonds. The lowest BCUT2D eigenvalue weighted by molar-refractivity contribution is -0.0721.